The average Bonchev–Trinajstić information content (AvgIpc) is 3.25. The summed E-state index contributed by atoms with van der Waals surface area (Å²) in [4.78, 5) is 33.6. The van der Waals surface area contributed by atoms with Crippen LogP contribution in [0.1, 0.15) is 62.9 Å². The fraction of sp³-hybridized carbons (Fsp3) is 0.407. The van der Waals surface area contributed by atoms with Gasteiger partial charge in [-0.15, -0.1) is 0 Å². The molecule has 0 aliphatic heterocycles. The molecule has 1 N–H and O–H groups in total. The summed E-state index contributed by atoms with van der Waals surface area (Å²) in [6, 6.07) is 16.7. The Kier molecular flexibility index (Phi) is 9.37. The van der Waals surface area contributed by atoms with Gasteiger partial charge in [-0.1, -0.05) is 69.3 Å². The molecule has 2 aromatic carbocycles. The van der Waals surface area contributed by atoms with Crippen LogP contribution >= 0.6 is 11.6 Å². The smallest absolute Gasteiger partial charge is 0.275 e. The van der Waals surface area contributed by atoms with Gasteiger partial charge < -0.3 is 9.88 Å². The van der Waals surface area contributed by atoms with Crippen molar-refractivity contribution in [1.29, 1.82) is 0 Å². The quantitative estimate of drug-likeness (QED) is 0.302. The number of hydrogen-bond acceptors (Lipinski definition) is 2. The van der Waals surface area contributed by atoms with Gasteiger partial charge in [0.05, 0.1) is 0 Å². The van der Waals surface area contributed by atoms with E-state index in [4.69, 9.17) is 11.6 Å². The number of rotatable bonds is 12. The molecule has 5 nitrogen and oxygen atoms in total. The Bertz CT molecular complexity index is 1040. The average molecular weight is 468 g/mol. The molecule has 0 radical (unpaired) electrons. The molecule has 1 aromatic heterocycles. The zero-order valence-corrected chi connectivity index (χ0v) is 20.4. The number of carbonyl (C=O) groups excluding carboxylic acids is 2. The maximum absolute atomic E-state index is 13.6. The molecule has 33 heavy (non-hydrogen) atoms. The fourth-order valence-corrected chi connectivity index (χ4v) is 4.13. The van der Waals surface area contributed by atoms with E-state index in [1.807, 2.05) is 47.4 Å². The monoisotopic (exact) mass is 467 g/mol. The minimum atomic E-state index is -0.232. The summed E-state index contributed by atoms with van der Waals surface area (Å²) in [5.74, 6) is -0.248. The van der Waals surface area contributed by atoms with Crippen LogP contribution in [-0.2, 0) is 4.79 Å². The van der Waals surface area contributed by atoms with Crippen molar-refractivity contribution in [3.63, 3.8) is 0 Å². The first-order valence-corrected chi connectivity index (χ1v) is 12.3. The van der Waals surface area contributed by atoms with Gasteiger partial charge in [0.25, 0.3) is 5.91 Å². The molecule has 0 spiro atoms. The van der Waals surface area contributed by atoms with E-state index < -0.39 is 0 Å². The summed E-state index contributed by atoms with van der Waals surface area (Å²) in [6.45, 7) is 5.80. The number of H-pyrrole nitrogens is 1. The molecule has 0 saturated carbocycles. The van der Waals surface area contributed by atoms with Crippen molar-refractivity contribution in [2.45, 2.75) is 52.4 Å². The van der Waals surface area contributed by atoms with E-state index in [0.717, 1.165) is 62.5 Å². The van der Waals surface area contributed by atoms with Gasteiger partial charge in [0.1, 0.15) is 12.2 Å². The van der Waals surface area contributed by atoms with E-state index in [-0.39, 0.29) is 18.4 Å². The Balaban J connectivity index is 1.84. The SMILES string of the molecule is CCCCCN(CCCCC)C(=O)CN(C(=O)c1cc2cc(Cl)ccc2[nH]1)c1ccccc1. The van der Waals surface area contributed by atoms with E-state index >= 15 is 0 Å². The van der Waals surface area contributed by atoms with E-state index in [1.165, 1.54) is 0 Å². The Labute approximate surface area is 201 Å². The highest BCUT2D eigenvalue weighted by molar-refractivity contribution is 6.31. The van der Waals surface area contributed by atoms with Crippen LogP contribution in [0.3, 0.4) is 0 Å². The van der Waals surface area contributed by atoms with Crippen molar-refractivity contribution < 1.29 is 9.59 Å². The molecule has 0 atom stereocenters. The number of hydrogen-bond donors (Lipinski definition) is 1. The van der Waals surface area contributed by atoms with Gasteiger partial charge in [0.2, 0.25) is 5.91 Å². The Morgan fingerprint density at radius 3 is 2.18 bits per heavy atom. The van der Waals surface area contributed by atoms with Crippen molar-refractivity contribution in [3.05, 3.63) is 65.3 Å². The minimum Gasteiger partial charge on any atom is -0.351 e. The largest absolute Gasteiger partial charge is 0.351 e. The third-order valence-electron chi connectivity index (χ3n) is 5.84. The fourth-order valence-electron chi connectivity index (χ4n) is 3.95. The molecule has 0 unspecified atom stereocenters. The third kappa shape index (κ3) is 6.84. The van der Waals surface area contributed by atoms with Crippen LogP contribution in [0, 0.1) is 0 Å². The first-order valence-electron chi connectivity index (χ1n) is 12.0. The number of aromatic nitrogens is 1. The first kappa shape index (κ1) is 24.8. The number of nitrogens with zero attached hydrogens (tertiary/aromatic N) is 2. The predicted molar refractivity (Wildman–Crippen MR) is 137 cm³/mol. The topological polar surface area (TPSA) is 56.4 Å². The number of amides is 2. The standard InChI is InChI=1S/C27H34ClN3O2/c1-3-5-10-16-30(17-11-6-4-2)26(32)20-31(23-12-8-7-9-13-23)27(33)25-19-21-18-22(28)14-15-24(21)29-25/h7-9,12-15,18-19,29H,3-6,10-11,16-17,20H2,1-2H3. The molecule has 3 rings (SSSR count). The maximum Gasteiger partial charge on any atom is 0.275 e. The Morgan fingerprint density at radius 1 is 0.879 bits per heavy atom. The van der Waals surface area contributed by atoms with E-state index in [0.29, 0.717) is 16.4 Å². The van der Waals surface area contributed by atoms with Crippen LogP contribution in [0.15, 0.2) is 54.6 Å². The highest BCUT2D eigenvalue weighted by Gasteiger charge is 2.24. The van der Waals surface area contributed by atoms with Crippen LogP contribution < -0.4 is 4.90 Å². The summed E-state index contributed by atoms with van der Waals surface area (Å²) in [7, 11) is 0. The molecule has 176 valence electrons. The summed E-state index contributed by atoms with van der Waals surface area (Å²) >= 11 is 6.11. The van der Waals surface area contributed by atoms with Crippen LogP contribution in [0.5, 0.6) is 0 Å². The molecule has 6 heteroatoms. The predicted octanol–water partition coefficient (Wildman–Crippen LogP) is 6.68. The molecular weight excluding hydrogens is 434 g/mol. The van der Waals surface area contributed by atoms with Crippen LogP contribution in [0.2, 0.25) is 5.02 Å². The summed E-state index contributed by atoms with van der Waals surface area (Å²) in [5.41, 5.74) is 1.98. The number of halogens is 1. The summed E-state index contributed by atoms with van der Waals surface area (Å²) in [5, 5.41) is 1.48. The molecule has 0 aliphatic carbocycles. The van der Waals surface area contributed by atoms with Crippen molar-refractivity contribution in [3.8, 4) is 0 Å². The molecule has 2 amide bonds. The van der Waals surface area contributed by atoms with E-state index in [1.54, 1.807) is 17.0 Å². The van der Waals surface area contributed by atoms with Gasteiger partial charge in [0, 0.05) is 34.7 Å². The molecule has 0 fully saturated rings. The number of benzene rings is 2. The molecule has 1 heterocycles. The zero-order chi connectivity index (χ0) is 23.6. The number of anilines is 1. The van der Waals surface area contributed by atoms with Gasteiger partial charge in [-0.3, -0.25) is 14.5 Å². The number of nitrogens with one attached hydrogen (secondary N) is 1. The van der Waals surface area contributed by atoms with Crippen molar-refractivity contribution in [1.82, 2.24) is 9.88 Å². The normalized spacial score (nSPS) is 11.0. The van der Waals surface area contributed by atoms with Gasteiger partial charge in [0.15, 0.2) is 0 Å². The van der Waals surface area contributed by atoms with Crippen LogP contribution in [0.25, 0.3) is 10.9 Å². The van der Waals surface area contributed by atoms with Crippen LogP contribution in [-0.4, -0.2) is 41.3 Å². The van der Waals surface area contributed by atoms with Gasteiger partial charge in [-0.05, 0) is 49.2 Å². The molecule has 0 saturated heterocycles. The second-order valence-electron chi connectivity index (χ2n) is 8.44. The number of carbonyl (C=O) groups is 2. The van der Waals surface area contributed by atoms with Gasteiger partial charge >= 0.3 is 0 Å². The Morgan fingerprint density at radius 2 is 1.55 bits per heavy atom. The second-order valence-corrected chi connectivity index (χ2v) is 8.87. The van der Waals surface area contributed by atoms with E-state index in [9.17, 15) is 9.59 Å². The summed E-state index contributed by atoms with van der Waals surface area (Å²) < 4.78 is 0. The molecule has 0 bridgehead atoms. The molecular formula is C27H34ClN3O2. The summed E-state index contributed by atoms with van der Waals surface area (Å²) in [6.07, 6.45) is 6.37. The Hall–Kier alpha value is -2.79. The number of aromatic amines is 1. The maximum atomic E-state index is 13.6. The minimum absolute atomic E-state index is 0.0111. The molecule has 0 aliphatic rings. The van der Waals surface area contributed by atoms with Crippen molar-refractivity contribution >= 4 is 40.0 Å². The first-order chi connectivity index (χ1) is 16.0. The highest BCUT2D eigenvalue weighted by atomic mass is 35.5. The number of para-hydroxylation sites is 1. The van der Waals surface area contributed by atoms with E-state index in [2.05, 4.69) is 18.8 Å². The van der Waals surface area contributed by atoms with Gasteiger partial charge in [-0.25, -0.2) is 0 Å². The number of unbranched alkanes of at least 4 members (excludes halogenated alkanes) is 4. The lowest BCUT2D eigenvalue weighted by atomic mass is 10.2. The highest BCUT2D eigenvalue weighted by Crippen LogP contribution is 2.23. The lowest BCUT2D eigenvalue weighted by molar-refractivity contribution is -0.129. The number of fused-ring (bicyclic) bond motifs is 1. The van der Waals surface area contributed by atoms with Gasteiger partial charge in [-0.2, -0.15) is 0 Å². The van der Waals surface area contributed by atoms with Crippen molar-refractivity contribution in [2.24, 2.45) is 0 Å². The van der Waals surface area contributed by atoms with Crippen molar-refractivity contribution in [2.75, 3.05) is 24.5 Å². The lowest BCUT2D eigenvalue weighted by Crippen LogP contribution is -2.44. The zero-order valence-electron chi connectivity index (χ0n) is 19.6. The lowest BCUT2D eigenvalue weighted by Gasteiger charge is -2.28. The third-order valence-corrected chi connectivity index (χ3v) is 6.07. The second kappa shape index (κ2) is 12.4. The molecule has 3 aromatic rings. The van der Waals surface area contributed by atoms with Crippen LogP contribution in [0.4, 0.5) is 5.69 Å².